The fourth-order valence-electron chi connectivity index (χ4n) is 4.18. The highest BCUT2D eigenvalue weighted by atomic mass is 32.1. The maximum atomic E-state index is 12.7. The van der Waals surface area contributed by atoms with Gasteiger partial charge in [0.1, 0.15) is 0 Å². The van der Waals surface area contributed by atoms with E-state index in [2.05, 4.69) is 20.6 Å². The lowest BCUT2D eigenvalue weighted by Gasteiger charge is -2.32. The Morgan fingerprint density at radius 3 is 2.76 bits per heavy atom. The first-order valence-corrected chi connectivity index (χ1v) is 9.05. The molecule has 1 N–H and O–H groups in total. The highest BCUT2D eigenvalue weighted by Gasteiger charge is 2.58. The number of amides is 1. The number of likely N-dealkylation sites (tertiary alicyclic amines) is 1. The Bertz CT molecular complexity index is 502. The van der Waals surface area contributed by atoms with Crippen LogP contribution in [0.15, 0.2) is 11.6 Å². The summed E-state index contributed by atoms with van der Waals surface area (Å²) in [6, 6.07) is 0. The second-order valence-electron chi connectivity index (χ2n) is 6.84. The van der Waals surface area contributed by atoms with Gasteiger partial charge < -0.3 is 10.2 Å². The van der Waals surface area contributed by atoms with Crippen LogP contribution in [-0.2, 0) is 4.79 Å². The Morgan fingerprint density at radius 1 is 1.33 bits per heavy atom. The van der Waals surface area contributed by atoms with Crippen LogP contribution in [0.2, 0.25) is 0 Å². The predicted molar refractivity (Wildman–Crippen MR) is 83.3 cm³/mol. The molecule has 3 fully saturated rings. The maximum absolute atomic E-state index is 12.7. The fourth-order valence-corrected chi connectivity index (χ4v) is 4.99. The second-order valence-corrected chi connectivity index (χ2v) is 7.77. The minimum atomic E-state index is 0.330. The number of thiazole rings is 1. The minimum Gasteiger partial charge on any atom is -0.342 e. The lowest BCUT2D eigenvalue weighted by atomic mass is 9.91. The summed E-state index contributed by atoms with van der Waals surface area (Å²) in [7, 11) is 0. The molecule has 114 valence electrons. The predicted octanol–water partition coefficient (Wildman–Crippen LogP) is 2.24. The molecule has 4 nitrogen and oxygen atoms in total. The van der Waals surface area contributed by atoms with Crippen LogP contribution in [-0.4, -0.2) is 42.0 Å². The molecular weight excluding hydrogens is 282 g/mol. The normalized spacial score (nSPS) is 28.8. The zero-order valence-electron chi connectivity index (χ0n) is 12.4. The Labute approximate surface area is 129 Å². The van der Waals surface area contributed by atoms with E-state index in [1.54, 1.807) is 11.3 Å². The SMILES string of the molecule is O=C(C1CC12CCNCC2)N1CCC(c2nccs2)CC1. The molecule has 1 unspecified atom stereocenters. The van der Waals surface area contributed by atoms with Crippen molar-refractivity contribution in [2.45, 2.75) is 38.0 Å². The first kappa shape index (κ1) is 13.7. The summed E-state index contributed by atoms with van der Waals surface area (Å²) in [6.07, 6.45) is 7.58. The fraction of sp³-hybridized carbons (Fsp3) is 0.750. The van der Waals surface area contributed by atoms with Crippen LogP contribution in [0.5, 0.6) is 0 Å². The van der Waals surface area contributed by atoms with Gasteiger partial charge >= 0.3 is 0 Å². The van der Waals surface area contributed by atoms with E-state index in [0.717, 1.165) is 45.4 Å². The Hall–Kier alpha value is -0.940. The number of hydrogen-bond acceptors (Lipinski definition) is 4. The molecule has 3 aliphatic rings. The topological polar surface area (TPSA) is 45.2 Å². The maximum Gasteiger partial charge on any atom is 0.226 e. The average Bonchev–Trinajstić information content (AvgIpc) is 2.99. The van der Waals surface area contributed by atoms with Crippen LogP contribution in [0.4, 0.5) is 0 Å². The van der Waals surface area contributed by atoms with E-state index in [1.807, 2.05) is 6.20 Å². The summed E-state index contributed by atoms with van der Waals surface area (Å²) in [5.41, 5.74) is 0.370. The van der Waals surface area contributed by atoms with E-state index in [4.69, 9.17) is 0 Å². The summed E-state index contributed by atoms with van der Waals surface area (Å²) in [5.74, 6) is 1.34. The number of piperidine rings is 2. The summed E-state index contributed by atoms with van der Waals surface area (Å²) in [5, 5.41) is 6.72. The average molecular weight is 305 g/mol. The number of hydrogen-bond donors (Lipinski definition) is 1. The Balaban J connectivity index is 1.33. The lowest BCUT2D eigenvalue weighted by molar-refractivity contribution is -0.134. The molecule has 0 aromatic carbocycles. The molecule has 1 aromatic rings. The molecule has 1 aliphatic carbocycles. The van der Waals surface area contributed by atoms with Gasteiger partial charge in [0.2, 0.25) is 5.91 Å². The summed E-state index contributed by atoms with van der Waals surface area (Å²) >= 11 is 1.75. The first-order chi connectivity index (χ1) is 10.3. The lowest BCUT2D eigenvalue weighted by Crippen LogP contribution is -2.40. The van der Waals surface area contributed by atoms with Crippen molar-refractivity contribution >= 4 is 17.2 Å². The van der Waals surface area contributed by atoms with Crippen LogP contribution < -0.4 is 5.32 Å². The van der Waals surface area contributed by atoms with E-state index in [9.17, 15) is 4.79 Å². The molecule has 1 spiro atoms. The van der Waals surface area contributed by atoms with Crippen molar-refractivity contribution in [3.05, 3.63) is 16.6 Å². The van der Waals surface area contributed by atoms with Gasteiger partial charge in [-0.1, -0.05) is 0 Å². The van der Waals surface area contributed by atoms with Crippen molar-refractivity contribution < 1.29 is 4.79 Å². The zero-order chi connectivity index (χ0) is 14.3. The third kappa shape index (κ3) is 2.50. The Kier molecular flexibility index (Phi) is 3.50. The van der Waals surface area contributed by atoms with Gasteiger partial charge in [0.05, 0.1) is 5.01 Å². The van der Waals surface area contributed by atoms with Gasteiger partial charge in [-0.25, -0.2) is 4.98 Å². The van der Waals surface area contributed by atoms with Gasteiger partial charge in [-0.05, 0) is 50.6 Å². The van der Waals surface area contributed by atoms with Crippen molar-refractivity contribution in [3.63, 3.8) is 0 Å². The minimum absolute atomic E-state index is 0.330. The molecule has 1 atom stereocenters. The van der Waals surface area contributed by atoms with E-state index in [0.29, 0.717) is 23.2 Å². The van der Waals surface area contributed by atoms with Gasteiger partial charge in [0, 0.05) is 36.5 Å². The first-order valence-electron chi connectivity index (χ1n) is 8.17. The van der Waals surface area contributed by atoms with Crippen LogP contribution in [0.3, 0.4) is 0 Å². The van der Waals surface area contributed by atoms with Crippen molar-refractivity contribution in [1.82, 2.24) is 15.2 Å². The van der Waals surface area contributed by atoms with Crippen LogP contribution in [0, 0.1) is 11.3 Å². The van der Waals surface area contributed by atoms with Crippen molar-refractivity contribution in [2.24, 2.45) is 11.3 Å². The van der Waals surface area contributed by atoms with E-state index in [1.165, 1.54) is 17.8 Å². The van der Waals surface area contributed by atoms with Crippen LogP contribution in [0.25, 0.3) is 0 Å². The van der Waals surface area contributed by atoms with Crippen molar-refractivity contribution in [1.29, 1.82) is 0 Å². The van der Waals surface area contributed by atoms with Crippen molar-refractivity contribution in [2.75, 3.05) is 26.2 Å². The van der Waals surface area contributed by atoms with E-state index < -0.39 is 0 Å². The molecule has 5 heteroatoms. The highest BCUT2D eigenvalue weighted by Crippen LogP contribution is 2.59. The quantitative estimate of drug-likeness (QED) is 0.911. The summed E-state index contributed by atoms with van der Waals surface area (Å²) < 4.78 is 0. The van der Waals surface area contributed by atoms with Gasteiger partial charge in [0.25, 0.3) is 0 Å². The number of rotatable bonds is 2. The largest absolute Gasteiger partial charge is 0.342 e. The molecule has 4 rings (SSSR count). The molecule has 1 aromatic heterocycles. The van der Waals surface area contributed by atoms with Gasteiger partial charge in [-0.3, -0.25) is 4.79 Å². The number of carbonyl (C=O) groups is 1. The van der Waals surface area contributed by atoms with Gasteiger partial charge in [-0.15, -0.1) is 11.3 Å². The third-order valence-electron chi connectivity index (χ3n) is 5.69. The van der Waals surface area contributed by atoms with E-state index >= 15 is 0 Å². The van der Waals surface area contributed by atoms with Crippen molar-refractivity contribution in [3.8, 4) is 0 Å². The third-order valence-corrected chi connectivity index (χ3v) is 6.63. The van der Waals surface area contributed by atoms with E-state index in [-0.39, 0.29) is 0 Å². The molecule has 1 amide bonds. The number of aromatic nitrogens is 1. The molecule has 0 radical (unpaired) electrons. The summed E-state index contributed by atoms with van der Waals surface area (Å²) in [6.45, 7) is 4.04. The number of nitrogens with one attached hydrogen (secondary N) is 1. The molecule has 3 heterocycles. The molecule has 1 saturated carbocycles. The molecule has 21 heavy (non-hydrogen) atoms. The zero-order valence-corrected chi connectivity index (χ0v) is 13.2. The van der Waals surface area contributed by atoms with Crippen LogP contribution >= 0.6 is 11.3 Å². The van der Waals surface area contributed by atoms with Gasteiger partial charge in [0.15, 0.2) is 0 Å². The molecule has 0 bridgehead atoms. The van der Waals surface area contributed by atoms with Gasteiger partial charge in [-0.2, -0.15) is 0 Å². The molecular formula is C16H23N3OS. The second kappa shape index (κ2) is 5.36. The number of nitrogens with zero attached hydrogens (tertiary/aromatic N) is 2. The number of carbonyl (C=O) groups excluding carboxylic acids is 1. The summed E-state index contributed by atoms with van der Waals surface area (Å²) in [4.78, 5) is 19.3. The standard InChI is InChI=1S/C16H23N3OS/c20-15(13-11-16(13)3-5-17-6-4-16)19-8-1-12(2-9-19)14-18-7-10-21-14/h7,10,12-13,17H,1-6,8-9,11H2. The monoisotopic (exact) mass is 305 g/mol. The molecule has 2 saturated heterocycles. The molecule has 2 aliphatic heterocycles. The van der Waals surface area contributed by atoms with Crippen LogP contribution in [0.1, 0.15) is 43.0 Å². The smallest absolute Gasteiger partial charge is 0.226 e. The highest BCUT2D eigenvalue weighted by molar-refractivity contribution is 7.09. The Morgan fingerprint density at radius 2 is 2.10 bits per heavy atom.